The van der Waals surface area contributed by atoms with Gasteiger partial charge in [0.2, 0.25) is 0 Å². The van der Waals surface area contributed by atoms with Crippen LogP contribution in [0.2, 0.25) is 0 Å². The van der Waals surface area contributed by atoms with Crippen molar-refractivity contribution < 1.29 is 121 Å². The summed E-state index contributed by atoms with van der Waals surface area (Å²) in [6.07, 6.45) is 16.4. The first-order valence-corrected chi connectivity index (χ1v) is 29.1. The summed E-state index contributed by atoms with van der Waals surface area (Å²) in [5.74, 6) is 0. The summed E-state index contributed by atoms with van der Waals surface area (Å²) in [4.78, 5) is 0. The van der Waals surface area contributed by atoms with Crippen molar-refractivity contribution in [3.63, 3.8) is 0 Å². The van der Waals surface area contributed by atoms with Crippen LogP contribution in [0.5, 0.6) is 0 Å². The van der Waals surface area contributed by atoms with E-state index in [9.17, 15) is 101 Å². The molecule has 4 aromatic rings. The minimum atomic E-state index is -10.7. The van der Waals surface area contributed by atoms with Gasteiger partial charge in [0.05, 0.1) is 0 Å². The Morgan fingerprint density at radius 2 is 0.403 bits per heavy atom. The first-order chi connectivity index (χ1) is 28.6. The molecule has 0 atom stereocenters. The van der Waals surface area contributed by atoms with Crippen molar-refractivity contribution in [2.75, 3.05) is 12.3 Å². The molecule has 5 rings (SSSR count). The first-order valence-electron chi connectivity index (χ1n) is 17.9. The van der Waals surface area contributed by atoms with Crippen LogP contribution in [0.15, 0.2) is 146 Å². The molecule has 1 radical (unpaired) electrons. The van der Waals surface area contributed by atoms with Crippen molar-refractivity contribution in [3.05, 3.63) is 146 Å². The first kappa shape index (κ1) is 69.2. The van der Waals surface area contributed by atoms with Crippen molar-refractivity contribution in [2.24, 2.45) is 0 Å². The van der Waals surface area contributed by atoms with E-state index >= 15 is 0 Å². The van der Waals surface area contributed by atoms with E-state index in [4.69, 9.17) is 0 Å². The Morgan fingerprint density at radius 3 is 0.507 bits per heavy atom. The Hall–Kier alpha value is -2.09. The number of hydrogen-bond acceptors (Lipinski definition) is 0. The van der Waals surface area contributed by atoms with Crippen molar-refractivity contribution in [1.29, 1.82) is 0 Å². The average Bonchev–Trinajstić information content (AvgIpc) is 3.06. The minimum absolute atomic E-state index is 0. The molecule has 0 spiro atoms. The fourth-order valence-corrected chi connectivity index (χ4v) is 8.50. The average molecular weight is 1310 g/mol. The van der Waals surface area contributed by atoms with Gasteiger partial charge in [-0.3, -0.25) is 0 Å². The Bertz CT molecular complexity index is 1720. The van der Waals surface area contributed by atoms with E-state index in [0.717, 1.165) is 0 Å². The maximum absolute atomic E-state index is 10.7. The van der Waals surface area contributed by atoms with Crippen LogP contribution in [-0.4, -0.2) is 12.3 Å². The van der Waals surface area contributed by atoms with Crippen molar-refractivity contribution in [3.8, 4) is 0 Å². The topological polar surface area (TPSA) is 0 Å². The normalized spacial score (nSPS) is 17.7. The van der Waals surface area contributed by atoms with Gasteiger partial charge in [-0.15, -0.1) is 0 Å². The van der Waals surface area contributed by atoms with E-state index in [1.165, 1.54) is 59.2 Å². The Morgan fingerprint density at radius 1 is 0.284 bits per heavy atom. The second-order valence-corrected chi connectivity index (χ2v) is 25.5. The summed E-state index contributed by atoms with van der Waals surface area (Å²) in [5.41, 5.74) is 0. The van der Waals surface area contributed by atoms with Gasteiger partial charge in [-0.05, 0) is 75.1 Å². The third-order valence-electron chi connectivity index (χ3n) is 6.24. The van der Waals surface area contributed by atoms with Crippen LogP contribution < -0.4 is 21.2 Å². The largest absolute Gasteiger partial charge is 4.00 e. The van der Waals surface area contributed by atoms with E-state index < -0.39 is 31.2 Å². The van der Waals surface area contributed by atoms with Crippen molar-refractivity contribution >= 4 is 68.3 Å². The van der Waals surface area contributed by atoms with Gasteiger partial charge < -0.3 is 0 Å². The molecule has 0 heterocycles. The fraction of sp³-hybridized carbons (Fsp3) is 0.222. The van der Waals surface area contributed by atoms with Crippen LogP contribution in [0.3, 0.4) is 0 Å². The molecule has 1 aliphatic rings. The SMILES string of the molecule is C1=C\CC/C=C\CC/1.CCP(c1ccccc1)c1ccccc1.CCP(c1ccccc1)c1ccccc1.F[P-](F)(F)(F)(F)F.F[P-](F)(F)(F)(F)F.F[P-](F)(F)(F)(F)F.F[P-](F)(F)(F)(F)F.[Ir+4]. The smallest absolute Gasteiger partial charge is 4.00 e. The van der Waals surface area contributed by atoms with Gasteiger partial charge >= 0.3 is 152 Å². The van der Waals surface area contributed by atoms with E-state index in [1.807, 2.05) is 0 Å². The monoisotopic (exact) mass is 1310 g/mol. The second kappa shape index (κ2) is 22.5. The molecule has 67 heavy (non-hydrogen) atoms. The number of allylic oxidation sites excluding steroid dienone is 4. The third-order valence-corrected chi connectivity index (χ3v) is 11.2. The van der Waals surface area contributed by atoms with Gasteiger partial charge in [0.15, 0.2) is 0 Å². The van der Waals surface area contributed by atoms with Gasteiger partial charge in [-0.25, -0.2) is 0 Å². The van der Waals surface area contributed by atoms with Gasteiger partial charge in [0.25, 0.3) is 0 Å². The zero-order valence-electron chi connectivity index (χ0n) is 34.2. The van der Waals surface area contributed by atoms with Crippen molar-refractivity contribution in [2.45, 2.75) is 39.5 Å². The maximum atomic E-state index is 9.87. The zero-order chi connectivity index (χ0) is 52.3. The molecule has 0 fully saturated rings. The molecule has 0 amide bonds. The minimum Gasteiger partial charge on any atom is 4.00 e. The summed E-state index contributed by atoms with van der Waals surface area (Å²) in [7, 11) is -42.9. The molecule has 393 valence electrons. The van der Waals surface area contributed by atoms with Crippen LogP contribution in [0.4, 0.5) is 101 Å². The third kappa shape index (κ3) is 73.0. The van der Waals surface area contributed by atoms with Crippen LogP contribution in [-0.2, 0) is 20.1 Å². The molecule has 1 aliphatic carbocycles. The molecule has 4 aromatic carbocycles. The molecule has 0 unspecified atom stereocenters. The van der Waals surface area contributed by atoms with Gasteiger partial charge in [-0.2, -0.15) is 0 Å². The van der Waals surface area contributed by atoms with Crippen LogP contribution in [0, 0.1) is 0 Å². The molecule has 0 aromatic heterocycles. The molecule has 0 saturated carbocycles. The van der Waals surface area contributed by atoms with E-state index in [-0.39, 0.29) is 35.9 Å². The summed E-state index contributed by atoms with van der Waals surface area (Å²) < 4.78 is 237. The van der Waals surface area contributed by atoms with E-state index in [1.54, 1.807) is 0 Å². The summed E-state index contributed by atoms with van der Waals surface area (Å²) >= 11 is 0. The standard InChI is InChI=1S/2C14H15P.C8H12.4F6P.Ir/c2*1-2-15(13-9-5-3-6-10-13)14-11-7-4-8-12-14;1-2-4-6-8-7-5-3-1;4*1-7(2,3,4,5)6;/h2*3-12H,2H2,1H3;1-2,7-8H,3-6H2;;;;;/q;;;4*-1;+4/b;;2-1-,8-7-;;;;;. The van der Waals surface area contributed by atoms with Crippen LogP contribution in [0.1, 0.15) is 39.5 Å². The molecule has 31 heteroatoms. The molecule has 0 bridgehead atoms. The van der Waals surface area contributed by atoms with Gasteiger partial charge in [0, 0.05) is 0 Å². The Kier molecular flexibility index (Phi) is 23.3. The van der Waals surface area contributed by atoms with Gasteiger partial charge in [0.1, 0.15) is 0 Å². The predicted octanol–water partition coefficient (Wildman–Crippen LogP) is 22.5. The van der Waals surface area contributed by atoms with Crippen LogP contribution >= 0.6 is 47.1 Å². The molecular weight excluding hydrogens is 1270 g/mol. The summed E-state index contributed by atoms with van der Waals surface area (Å²) in [6, 6.07) is 43.3. The number of benzene rings is 4. The predicted molar refractivity (Wildman–Crippen MR) is 230 cm³/mol. The Balaban J connectivity index is -0.000000737. The second-order valence-electron chi connectivity index (χ2n) is 12.8. The zero-order valence-corrected chi connectivity index (χ0v) is 41.9. The van der Waals surface area contributed by atoms with Gasteiger partial charge in [-0.1, -0.05) is 159 Å². The fourth-order valence-electron chi connectivity index (χ4n) is 4.32. The number of hydrogen-bond donors (Lipinski definition) is 0. The molecule has 0 aliphatic heterocycles. The molecule has 0 saturated heterocycles. The van der Waals surface area contributed by atoms with Crippen LogP contribution in [0.25, 0.3) is 0 Å². The number of halogens is 24. The maximum Gasteiger partial charge on any atom is 4.00 e. The van der Waals surface area contributed by atoms with Crippen molar-refractivity contribution in [1.82, 2.24) is 0 Å². The summed E-state index contributed by atoms with van der Waals surface area (Å²) in [6.45, 7) is 4.54. The Labute approximate surface area is 385 Å². The summed E-state index contributed by atoms with van der Waals surface area (Å²) in [5, 5.41) is 5.89. The quantitative estimate of drug-likeness (QED) is 0.103. The molecule has 0 nitrogen and oxygen atoms in total. The van der Waals surface area contributed by atoms with E-state index in [2.05, 4.69) is 159 Å². The molecule has 0 N–H and O–H groups in total. The van der Waals surface area contributed by atoms with E-state index in [0.29, 0.717) is 0 Å². The number of rotatable bonds is 6. The molecular formula is C36H42F24IrP6.